The lowest BCUT2D eigenvalue weighted by Gasteiger charge is -1.98. The number of H-pyrrole nitrogens is 1. The molecule has 5 heteroatoms. The Morgan fingerprint density at radius 3 is 2.79 bits per heavy atom. The molecule has 0 aliphatic carbocycles. The first-order chi connectivity index (χ1) is 6.69. The summed E-state index contributed by atoms with van der Waals surface area (Å²) in [5.41, 5.74) is 0.101. The quantitative estimate of drug-likeness (QED) is 0.736. The van der Waals surface area contributed by atoms with Crippen molar-refractivity contribution in [2.24, 2.45) is 0 Å². The average Bonchev–Trinajstić information content (AvgIpc) is 2.57. The van der Waals surface area contributed by atoms with Crippen LogP contribution in [-0.4, -0.2) is 22.2 Å². The molecule has 14 heavy (non-hydrogen) atoms. The van der Waals surface area contributed by atoms with E-state index in [0.717, 1.165) is 25.1 Å². The smallest absolute Gasteiger partial charge is 0.123 e. The van der Waals surface area contributed by atoms with Crippen LogP contribution in [0.2, 0.25) is 0 Å². The highest BCUT2D eigenvalue weighted by atomic mass is 32.2. The maximum atomic E-state index is 10.7. The third kappa shape index (κ3) is 2.51. The Morgan fingerprint density at radius 2 is 2.36 bits per heavy atom. The van der Waals surface area contributed by atoms with Gasteiger partial charge in [0.25, 0.3) is 0 Å². The molecule has 0 fully saturated rings. The van der Waals surface area contributed by atoms with Gasteiger partial charge in [0.05, 0.1) is 11.7 Å². The monoisotopic (exact) mass is 213 g/mol. The Balaban J connectivity index is 2.83. The van der Waals surface area contributed by atoms with E-state index in [1.54, 1.807) is 6.26 Å². The predicted molar refractivity (Wildman–Crippen MR) is 53.3 cm³/mol. The second kappa shape index (κ2) is 5.05. The van der Waals surface area contributed by atoms with Gasteiger partial charge in [-0.2, -0.15) is 0 Å². The molecule has 0 saturated carbocycles. The molecule has 1 aromatic rings. The van der Waals surface area contributed by atoms with Crippen molar-refractivity contribution in [3.05, 3.63) is 11.5 Å². The van der Waals surface area contributed by atoms with E-state index in [9.17, 15) is 9.90 Å². The highest BCUT2D eigenvalue weighted by Crippen LogP contribution is 2.17. The van der Waals surface area contributed by atoms with Crippen LogP contribution in [0.15, 0.2) is 5.03 Å². The standard InChI is InChI=1S/C9H14N2O2S/c1-3-4-5-6-10-7(9(12)13)8(11-6)14-2/h3-5H2,1-2H3,(H,10,11)(H,12,13)/p-1. The Morgan fingerprint density at radius 1 is 1.64 bits per heavy atom. The van der Waals surface area contributed by atoms with Gasteiger partial charge >= 0.3 is 0 Å². The number of nitrogens with zero attached hydrogens (tertiary/aromatic N) is 1. The highest BCUT2D eigenvalue weighted by Gasteiger charge is 2.09. The van der Waals surface area contributed by atoms with Gasteiger partial charge < -0.3 is 14.9 Å². The van der Waals surface area contributed by atoms with Crippen molar-refractivity contribution < 1.29 is 9.90 Å². The molecule has 0 aromatic carbocycles. The number of rotatable bonds is 5. The molecule has 4 nitrogen and oxygen atoms in total. The topological polar surface area (TPSA) is 68.8 Å². The first-order valence-corrected chi connectivity index (χ1v) is 5.75. The third-order valence-electron chi connectivity index (χ3n) is 1.88. The third-order valence-corrected chi connectivity index (χ3v) is 2.57. The van der Waals surface area contributed by atoms with Crippen molar-refractivity contribution in [3.63, 3.8) is 0 Å². The Kier molecular flexibility index (Phi) is 4.00. The van der Waals surface area contributed by atoms with E-state index in [-0.39, 0.29) is 5.69 Å². The Labute approximate surface area is 87.1 Å². The zero-order chi connectivity index (χ0) is 10.6. The maximum Gasteiger partial charge on any atom is 0.123 e. The van der Waals surface area contributed by atoms with Gasteiger partial charge in [-0.25, -0.2) is 4.98 Å². The Bertz CT molecular complexity index is 323. The van der Waals surface area contributed by atoms with Crippen molar-refractivity contribution in [1.82, 2.24) is 9.97 Å². The minimum absolute atomic E-state index is 0.101. The summed E-state index contributed by atoms with van der Waals surface area (Å²) in [6.07, 6.45) is 4.66. The van der Waals surface area contributed by atoms with E-state index in [4.69, 9.17) is 0 Å². The molecule has 0 aliphatic heterocycles. The number of aromatic amines is 1. The largest absolute Gasteiger partial charge is 0.543 e. The molecule has 0 radical (unpaired) electrons. The molecular formula is C9H13N2O2S-. The lowest BCUT2D eigenvalue weighted by Crippen LogP contribution is -2.23. The molecule has 1 rings (SSSR count). The molecule has 0 spiro atoms. The van der Waals surface area contributed by atoms with Gasteiger partial charge in [0.15, 0.2) is 0 Å². The van der Waals surface area contributed by atoms with Crippen molar-refractivity contribution in [3.8, 4) is 0 Å². The summed E-state index contributed by atoms with van der Waals surface area (Å²) in [7, 11) is 0. The van der Waals surface area contributed by atoms with Crippen LogP contribution in [0.25, 0.3) is 0 Å². The number of thioether (sulfide) groups is 1. The number of aromatic carboxylic acids is 1. The SMILES string of the molecule is CCCCc1nc(SC)c(C(=O)[O-])[nH]1. The summed E-state index contributed by atoms with van der Waals surface area (Å²) >= 11 is 1.31. The van der Waals surface area contributed by atoms with Crippen LogP contribution < -0.4 is 5.11 Å². The number of unbranched alkanes of at least 4 members (excludes halogenated alkanes) is 1. The van der Waals surface area contributed by atoms with Crippen LogP contribution in [0.4, 0.5) is 0 Å². The van der Waals surface area contributed by atoms with Gasteiger partial charge in [-0.1, -0.05) is 13.3 Å². The summed E-state index contributed by atoms with van der Waals surface area (Å²) in [4.78, 5) is 17.6. The first kappa shape index (κ1) is 11.1. The normalized spacial score (nSPS) is 10.4. The summed E-state index contributed by atoms with van der Waals surface area (Å²) in [5.74, 6) is -0.458. The van der Waals surface area contributed by atoms with Crippen molar-refractivity contribution >= 4 is 17.7 Å². The van der Waals surface area contributed by atoms with E-state index in [1.807, 2.05) is 0 Å². The summed E-state index contributed by atoms with van der Waals surface area (Å²) in [5, 5.41) is 11.2. The first-order valence-electron chi connectivity index (χ1n) is 4.53. The zero-order valence-corrected chi connectivity index (χ0v) is 9.11. The number of carbonyl (C=O) groups excluding carboxylic acids is 1. The summed E-state index contributed by atoms with van der Waals surface area (Å²) < 4.78 is 0. The second-order valence-electron chi connectivity index (χ2n) is 2.96. The number of aryl methyl sites for hydroxylation is 1. The van der Waals surface area contributed by atoms with Crippen molar-refractivity contribution in [1.29, 1.82) is 0 Å². The van der Waals surface area contributed by atoms with E-state index in [1.165, 1.54) is 11.8 Å². The fourth-order valence-electron chi connectivity index (χ4n) is 1.15. The van der Waals surface area contributed by atoms with Crippen LogP contribution in [0.3, 0.4) is 0 Å². The Hall–Kier alpha value is -0.970. The molecule has 78 valence electrons. The molecule has 0 saturated heterocycles. The van der Waals surface area contributed by atoms with Crippen LogP contribution in [-0.2, 0) is 6.42 Å². The number of nitrogens with one attached hydrogen (secondary N) is 1. The predicted octanol–water partition coefficient (Wildman–Crippen LogP) is 0.838. The van der Waals surface area contributed by atoms with Crippen LogP contribution in [0.5, 0.6) is 0 Å². The van der Waals surface area contributed by atoms with Gasteiger partial charge in [0, 0.05) is 6.42 Å². The number of imidazole rings is 1. The van der Waals surface area contributed by atoms with E-state index in [2.05, 4.69) is 16.9 Å². The number of carboxylic acid groups (broad SMARTS) is 1. The highest BCUT2D eigenvalue weighted by molar-refractivity contribution is 7.98. The number of hydrogen-bond acceptors (Lipinski definition) is 4. The van der Waals surface area contributed by atoms with Gasteiger partial charge in [-0.15, -0.1) is 11.8 Å². The van der Waals surface area contributed by atoms with Gasteiger partial charge in [0.2, 0.25) is 0 Å². The fourth-order valence-corrected chi connectivity index (χ4v) is 1.69. The van der Waals surface area contributed by atoms with Gasteiger partial charge in [-0.3, -0.25) is 0 Å². The van der Waals surface area contributed by atoms with Crippen molar-refractivity contribution in [2.75, 3.05) is 6.26 Å². The number of aromatic nitrogens is 2. The average molecular weight is 213 g/mol. The van der Waals surface area contributed by atoms with E-state index < -0.39 is 5.97 Å². The summed E-state index contributed by atoms with van der Waals surface area (Å²) in [6.45, 7) is 2.08. The number of carboxylic acids is 1. The lowest BCUT2D eigenvalue weighted by molar-refractivity contribution is -0.255. The fraction of sp³-hybridized carbons (Fsp3) is 0.556. The lowest BCUT2D eigenvalue weighted by atomic mass is 10.2. The molecule has 0 aliphatic rings. The van der Waals surface area contributed by atoms with Crippen LogP contribution in [0, 0.1) is 0 Å². The van der Waals surface area contributed by atoms with Crippen LogP contribution >= 0.6 is 11.8 Å². The van der Waals surface area contributed by atoms with Crippen LogP contribution in [0.1, 0.15) is 36.1 Å². The second-order valence-corrected chi connectivity index (χ2v) is 3.75. The van der Waals surface area contributed by atoms with E-state index >= 15 is 0 Å². The molecule has 1 heterocycles. The minimum Gasteiger partial charge on any atom is -0.543 e. The molecular weight excluding hydrogens is 200 g/mol. The minimum atomic E-state index is -1.19. The molecule has 0 amide bonds. The maximum absolute atomic E-state index is 10.7. The van der Waals surface area contributed by atoms with Gasteiger partial charge in [-0.05, 0) is 12.7 Å². The van der Waals surface area contributed by atoms with Gasteiger partial charge in [0.1, 0.15) is 10.9 Å². The molecule has 0 atom stereocenters. The molecule has 1 N–H and O–H groups in total. The molecule has 1 aromatic heterocycles. The van der Waals surface area contributed by atoms with Crippen molar-refractivity contribution in [2.45, 2.75) is 31.2 Å². The summed E-state index contributed by atoms with van der Waals surface area (Å²) in [6, 6.07) is 0. The van der Waals surface area contributed by atoms with E-state index in [0.29, 0.717) is 5.03 Å². The molecule has 0 unspecified atom stereocenters. The molecule has 0 bridgehead atoms. The number of carbonyl (C=O) groups is 1. The number of hydrogen-bond donors (Lipinski definition) is 1. The zero-order valence-electron chi connectivity index (χ0n) is 8.29.